The minimum Gasteiger partial charge on any atom is -0.400 e. The van der Waals surface area contributed by atoms with Gasteiger partial charge in [-0.3, -0.25) is 4.98 Å². The van der Waals surface area contributed by atoms with Gasteiger partial charge in [-0.15, -0.1) is 11.3 Å². The Balaban J connectivity index is 0.000000728. The van der Waals surface area contributed by atoms with E-state index >= 15 is 0 Å². The highest BCUT2D eigenvalue weighted by molar-refractivity contribution is 7.16. The highest BCUT2D eigenvalue weighted by atomic mass is 32.1. The second kappa shape index (κ2) is 11.5. The summed E-state index contributed by atoms with van der Waals surface area (Å²) in [5, 5.41) is 8.18. The number of aliphatic hydroxyl groups excluding tert-OH is 1. The van der Waals surface area contributed by atoms with Crippen molar-refractivity contribution in [2.45, 2.75) is 65.7 Å². The molecule has 2 aromatic heterocycles. The molecule has 0 amide bonds. The van der Waals surface area contributed by atoms with Crippen molar-refractivity contribution in [2.24, 2.45) is 0 Å². The van der Waals surface area contributed by atoms with Gasteiger partial charge in [0.1, 0.15) is 6.29 Å². The Morgan fingerprint density at radius 1 is 1.09 bits per heavy atom. The molecule has 0 bridgehead atoms. The fraction of sp³-hybridized carbons (Fsp3) is 0.393. The molecule has 2 aromatic carbocycles. The summed E-state index contributed by atoms with van der Waals surface area (Å²) in [6.45, 7) is 8.19. The topological polar surface area (TPSA) is 63.1 Å². The van der Waals surface area contributed by atoms with Crippen LogP contribution in [-0.4, -0.2) is 28.5 Å². The van der Waals surface area contributed by atoms with Crippen molar-refractivity contribution in [3.05, 3.63) is 58.2 Å². The molecule has 0 saturated heterocycles. The van der Waals surface area contributed by atoms with Crippen LogP contribution in [0.15, 0.2) is 35.8 Å². The highest BCUT2D eigenvalue weighted by Crippen LogP contribution is 2.41. The van der Waals surface area contributed by atoms with Gasteiger partial charge in [0, 0.05) is 24.1 Å². The molecule has 1 aliphatic carbocycles. The van der Waals surface area contributed by atoms with Crippen molar-refractivity contribution < 1.29 is 9.90 Å². The third-order valence-corrected chi connectivity index (χ3v) is 6.97. The van der Waals surface area contributed by atoms with Crippen LogP contribution in [0.4, 0.5) is 0 Å². The zero-order chi connectivity index (χ0) is 24.0. The van der Waals surface area contributed by atoms with E-state index in [1.54, 1.807) is 11.3 Å². The number of hydrogen-bond acceptors (Lipinski definition) is 5. The van der Waals surface area contributed by atoms with E-state index in [2.05, 4.69) is 49.2 Å². The number of hydrogen-bond donors (Lipinski definition) is 1. The van der Waals surface area contributed by atoms with Gasteiger partial charge < -0.3 is 9.90 Å². The third-order valence-electron chi connectivity index (χ3n) is 6.18. The highest BCUT2D eigenvalue weighted by Gasteiger charge is 2.23. The monoisotopic (exact) mass is 462 g/mol. The number of carbonyl (C=O) groups is 1. The molecule has 5 heteroatoms. The molecule has 2 heterocycles. The second-order valence-electron chi connectivity index (χ2n) is 8.04. The molecule has 33 heavy (non-hydrogen) atoms. The first-order chi connectivity index (χ1) is 16.2. The standard InChI is InChI=1S/C25H24N2OS.C2H6.CH4O/c1-3-5-19(13-28)24-15(2)27-22-11-17-7-4-6-16(17)10-20(22)25(24)18-8-9-21-23(12-18)29-14-26-21;2*1-2/h8-14,19H,3-7H2,1-2H3;1-2H3;2H,1H3. The molecule has 4 aromatic rings. The quantitative estimate of drug-likeness (QED) is 0.324. The lowest BCUT2D eigenvalue weighted by Gasteiger charge is -2.21. The number of aldehydes is 1. The van der Waals surface area contributed by atoms with Crippen molar-refractivity contribution in [1.82, 2.24) is 9.97 Å². The molecule has 0 spiro atoms. The fourth-order valence-corrected chi connectivity index (χ4v) is 5.55. The predicted molar refractivity (Wildman–Crippen MR) is 140 cm³/mol. The lowest BCUT2D eigenvalue weighted by molar-refractivity contribution is -0.109. The minimum atomic E-state index is -0.127. The van der Waals surface area contributed by atoms with Crippen molar-refractivity contribution in [2.75, 3.05) is 7.11 Å². The normalized spacial score (nSPS) is 13.0. The van der Waals surface area contributed by atoms with Gasteiger partial charge in [0.15, 0.2) is 0 Å². The first-order valence-corrected chi connectivity index (χ1v) is 12.8. The van der Waals surface area contributed by atoms with E-state index in [9.17, 15) is 4.79 Å². The van der Waals surface area contributed by atoms with Gasteiger partial charge in [-0.05, 0) is 84.7 Å². The lowest BCUT2D eigenvalue weighted by atomic mass is 9.85. The molecule has 0 aliphatic heterocycles. The Labute approximate surface area is 200 Å². The van der Waals surface area contributed by atoms with E-state index in [-0.39, 0.29) is 5.92 Å². The lowest BCUT2D eigenvalue weighted by Crippen LogP contribution is -2.08. The Kier molecular flexibility index (Phi) is 8.70. The number of fused-ring (bicyclic) bond motifs is 3. The minimum absolute atomic E-state index is 0.127. The molecule has 4 nitrogen and oxygen atoms in total. The van der Waals surface area contributed by atoms with Crippen LogP contribution in [0.3, 0.4) is 0 Å². The van der Waals surface area contributed by atoms with Crippen molar-refractivity contribution >= 4 is 38.7 Å². The van der Waals surface area contributed by atoms with Crippen LogP contribution >= 0.6 is 11.3 Å². The van der Waals surface area contributed by atoms with Gasteiger partial charge in [-0.1, -0.05) is 33.3 Å². The number of rotatable bonds is 5. The van der Waals surface area contributed by atoms with Crippen molar-refractivity contribution in [3.63, 3.8) is 0 Å². The Bertz CT molecular complexity index is 1250. The van der Waals surface area contributed by atoms with E-state index in [4.69, 9.17) is 10.1 Å². The van der Waals surface area contributed by atoms with Crippen LogP contribution in [0.2, 0.25) is 0 Å². The summed E-state index contributed by atoms with van der Waals surface area (Å²) in [6.07, 6.45) is 6.42. The van der Waals surface area contributed by atoms with Gasteiger partial charge in [0.05, 0.1) is 21.2 Å². The maximum Gasteiger partial charge on any atom is 0.127 e. The van der Waals surface area contributed by atoms with Crippen LogP contribution in [0.5, 0.6) is 0 Å². The van der Waals surface area contributed by atoms with E-state index in [0.717, 1.165) is 66.9 Å². The summed E-state index contributed by atoms with van der Waals surface area (Å²) >= 11 is 1.66. The SMILES string of the molecule is CC.CCCC(C=O)c1c(C)nc2cc3c(cc2c1-c1ccc2ncsc2c1)CCC3.CO. The first kappa shape index (κ1) is 25.0. The molecule has 0 saturated carbocycles. The van der Waals surface area contributed by atoms with Gasteiger partial charge in [0.25, 0.3) is 0 Å². The van der Waals surface area contributed by atoms with Gasteiger partial charge in [-0.25, -0.2) is 4.98 Å². The number of benzene rings is 2. The molecule has 0 radical (unpaired) electrons. The van der Waals surface area contributed by atoms with Crippen molar-refractivity contribution in [1.29, 1.82) is 0 Å². The van der Waals surface area contributed by atoms with Gasteiger partial charge in [-0.2, -0.15) is 0 Å². The summed E-state index contributed by atoms with van der Waals surface area (Å²) in [7, 11) is 1.00. The van der Waals surface area contributed by atoms with Crippen molar-refractivity contribution in [3.8, 4) is 11.1 Å². The Morgan fingerprint density at radius 2 is 1.82 bits per heavy atom. The molecule has 1 aliphatic rings. The van der Waals surface area contributed by atoms with E-state index in [0.29, 0.717) is 0 Å². The van der Waals surface area contributed by atoms with E-state index < -0.39 is 0 Å². The smallest absolute Gasteiger partial charge is 0.127 e. The first-order valence-electron chi connectivity index (χ1n) is 11.9. The maximum atomic E-state index is 12.1. The average molecular weight is 463 g/mol. The Hall–Kier alpha value is -2.63. The summed E-state index contributed by atoms with van der Waals surface area (Å²) in [4.78, 5) is 21.5. The number of aromatic nitrogens is 2. The van der Waals surface area contributed by atoms with Crippen LogP contribution in [0.25, 0.3) is 32.2 Å². The third kappa shape index (κ3) is 4.85. The molecule has 0 fully saturated rings. The van der Waals surface area contributed by atoms with E-state index in [1.807, 2.05) is 19.4 Å². The number of carbonyl (C=O) groups excluding carboxylic acids is 1. The number of aryl methyl sites for hydroxylation is 3. The van der Waals surface area contributed by atoms with E-state index in [1.165, 1.54) is 33.2 Å². The molecule has 1 N–H and O–H groups in total. The largest absolute Gasteiger partial charge is 0.400 e. The summed E-state index contributed by atoms with van der Waals surface area (Å²) in [5.74, 6) is -0.127. The summed E-state index contributed by atoms with van der Waals surface area (Å²) in [5.41, 5.74) is 11.2. The van der Waals surface area contributed by atoms with Crippen LogP contribution < -0.4 is 0 Å². The predicted octanol–water partition coefficient (Wildman–Crippen LogP) is 7.03. The number of thiazole rings is 1. The van der Waals surface area contributed by atoms with Crippen LogP contribution in [-0.2, 0) is 17.6 Å². The molecular weight excluding hydrogens is 428 g/mol. The summed E-state index contributed by atoms with van der Waals surface area (Å²) < 4.78 is 1.18. The molecular formula is C28H34N2O2S. The molecule has 174 valence electrons. The molecule has 1 unspecified atom stereocenters. The molecule has 1 atom stereocenters. The fourth-order valence-electron chi connectivity index (χ4n) is 4.84. The van der Waals surface area contributed by atoms with Gasteiger partial charge >= 0.3 is 0 Å². The summed E-state index contributed by atoms with van der Waals surface area (Å²) in [6, 6.07) is 11.1. The number of pyridine rings is 1. The average Bonchev–Trinajstić information content (AvgIpc) is 3.51. The zero-order valence-corrected chi connectivity index (χ0v) is 21.1. The van der Waals surface area contributed by atoms with Gasteiger partial charge in [0.2, 0.25) is 0 Å². The maximum absolute atomic E-state index is 12.1. The van der Waals surface area contributed by atoms with Crippen LogP contribution in [0.1, 0.15) is 68.3 Å². The second-order valence-corrected chi connectivity index (χ2v) is 8.93. The van der Waals surface area contributed by atoms with Crippen LogP contribution in [0, 0.1) is 6.92 Å². The Morgan fingerprint density at radius 3 is 2.52 bits per heavy atom. The molecule has 5 rings (SSSR count). The zero-order valence-electron chi connectivity index (χ0n) is 20.3. The number of aliphatic hydroxyl groups is 1. The number of nitrogens with zero attached hydrogens (tertiary/aromatic N) is 2.